The third-order valence-electron chi connectivity index (χ3n) is 6.90. The lowest BCUT2D eigenvalue weighted by Gasteiger charge is -2.26. The van der Waals surface area contributed by atoms with Gasteiger partial charge in [0.1, 0.15) is 5.82 Å². The number of benzene rings is 1. The Bertz CT molecular complexity index is 1370. The normalized spacial score (nSPS) is 18.7. The minimum Gasteiger partial charge on any atom is -0.419 e. The van der Waals surface area contributed by atoms with E-state index in [2.05, 4.69) is 22.1 Å². The SMILES string of the molecule is COCCN(CC1CC1C)c1cc(-c2nnc([C@@](C)(N)Cc3ccccc3)o2)c(F)c(N(C)S(C)(=O)=O)n1. The third kappa shape index (κ3) is 6.30. The fourth-order valence-electron chi connectivity index (χ4n) is 4.28. The van der Waals surface area contributed by atoms with E-state index >= 15 is 4.39 Å². The molecule has 2 aromatic heterocycles. The fourth-order valence-corrected chi connectivity index (χ4v) is 4.72. The molecule has 38 heavy (non-hydrogen) atoms. The van der Waals surface area contributed by atoms with Crippen molar-refractivity contribution in [3.05, 3.63) is 53.7 Å². The van der Waals surface area contributed by atoms with Crippen LogP contribution >= 0.6 is 0 Å². The number of rotatable bonds is 12. The standard InChI is InChI=1S/C26H35FN6O4S/c1-17-13-19(17)16-33(11-12-36-4)21-14-20(22(27)23(29-21)32(3)38(5,34)35)24-30-31-25(37-24)26(2,28)15-18-9-7-6-8-10-18/h6-10,14,17,19H,11-13,15-16,28H2,1-5H3/t17?,19?,26-/m0/s1. The molecule has 3 aromatic rings. The Labute approximate surface area is 223 Å². The van der Waals surface area contributed by atoms with Gasteiger partial charge in [-0.25, -0.2) is 17.8 Å². The molecule has 1 saturated carbocycles. The highest BCUT2D eigenvalue weighted by atomic mass is 32.2. The van der Waals surface area contributed by atoms with Gasteiger partial charge in [0.15, 0.2) is 11.6 Å². The van der Waals surface area contributed by atoms with Gasteiger partial charge in [-0.1, -0.05) is 37.3 Å². The van der Waals surface area contributed by atoms with Gasteiger partial charge in [0.05, 0.1) is 24.0 Å². The molecule has 2 unspecified atom stereocenters. The fraction of sp³-hybridized carbons (Fsp3) is 0.500. The molecule has 3 atom stereocenters. The summed E-state index contributed by atoms with van der Waals surface area (Å²) in [6.45, 7) is 5.52. The van der Waals surface area contributed by atoms with E-state index in [1.807, 2.05) is 35.2 Å². The molecular formula is C26H35FN6O4S. The first-order chi connectivity index (χ1) is 17.9. The second kappa shape index (κ2) is 11.0. The molecule has 1 aliphatic carbocycles. The lowest BCUT2D eigenvalue weighted by Crippen LogP contribution is -2.35. The molecular weight excluding hydrogens is 511 g/mol. The highest BCUT2D eigenvalue weighted by molar-refractivity contribution is 7.92. The molecule has 1 fully saturated rings. The highest BCUT2D eigenvalue weighted by Gasteiger charge is 2.35. The monoisotopic (exact) mass is 546 g/mol. The first-order valence-electron chi connectivity index (χ1n) is 12.5. The topological polar surface area (TPSA) is 128 Å². The number of ether oxygens (including phenoxy) is 1. The van der Waals surface area contributed by atoms with Crippen molar-refractivity contribution in [3.63, 3.8) is 0 Å². The summed E-state index contributed by atoms with van der Waals surface area (Å²) < 4.78 is 52.5. The maximum absolute atomic E-state index is 15.9. The molecule has 12 heteroatoms. The van der Waals surface area contributed by atoms with Crippen LogP contribution in [-0.2, 0) is 26.7 Å². The molecule has 0 saturated heterocycles. The first-order valence-corrected chi connectivity index (χ1v) is 14.3. The number of anilines is 2. The van der Waals surface area contributed by atoms with E-state index in [0.717, 1.165) is 22.5 Å². The number of nitrogens with two attached hydrogens (primary N) is 1. The van der Waals surface area contributed by atoms with Crippen LogP contribution in [0.25, 0.3) is 11.5 Å². The van der Waals surface area contributed by atoms with E-state index in [9.17, 15) is 8.42 Å². The van der Waals surface area contributed by atoms with Gasteiger partial charge in [-0.3, -0.25) is 4.31 Å². The number of sulfonamides is 1. The quantitative estimate of drug-likeness (QED) is 0.364. The number of methoxy groups -OCH3 is 1. The Balaban J connectivity index is 1.76. The van der Waals surface area contributed by atoms with Crippen LogP contribution in [0.4, 0.5) is 16.0 Å². The molecule has 1 aliphatic rings. The summed E-state index contributed by atoms with van der Waals surface area (Å²) in [4.78, 5) is 6.40. The zero-order valence-corrected chi connectivity index (χ0v) is 23.2. The second-order valence-corrected chi connectivity index (χ2v) is 12.3. The van der Waals surface area contributed by atoms with Crippen molar-refractivity contribution in [2.45, 2.75) is 32.2 Å². The molecule has 0 aliphatic heterocycles. The molecule has 0 amide bonds. The van der Waals surface area contributed by atoms with Gasteiger partial charge in [-0.15, -0.1) is 10.2 Å². The largest absolute Gasteiger partial charge is 0.419 e. The Morgan fingerprint density at radius 3 is 2.55 bits per heavy atom. The van der Waals surface area contributed by atoms with Crippen LogP contribution in [0.15, 0.2) is 40.8 Å². The summed E-state index contributed by atoms with van der Waals surface area (Å²) in [6, 6.07) is 11.1. The molecule has 0 spiro atoms. The minimum absolute atomic E-state index is 0.0546. The lowest BCUT2D eigenvalue weighted by atomic mass is 9.94. The lowest BCUT2D eigenvalue weighted by molar-refractivity contribution is 0.204. The summed E-state index contributed by atoms with van der Waals surface area (Å²) in [5.41, 5.74) is 6.44. The molecule has 10 nitrogen and oxygen atoms in total. The van der Waals surface area contributed by atoms with Crippen molar-refractivity contribution in [1.82, 2.24) is 15.2 Å². The summed E-state index contributed by atoms with van der Waals surface area (Å²) in [5.74, 6) is 0.210. The Kier molecular flexibility index (Phi) is 8.05. The van der Waals surface area contributed by atoms with Crippen molar-refractivity contribution < 1.29 is 22.0 Å². The Hall–Kier alpha value is -3.09. The van der Waals surface area contributed by atoms with E-state index in [1.165, 1.54) is 13.1 Å². The van der Waals surface area contributed by atoms with E-state index in [1.54, 1.807) is 14.0 Å². The number of halogens is 1. The second-order valence-electron chi connectivity index (χ2n) is 10.3. The van der Waals surface area contributed by atoms with Crippen LogP contribution in [0.1, 0.15) is 31.7 Å². The minimum atomic E-state index is -3.81. The van der Waals surface area contributed by atoms with E-state index in [0.29, 0.717) is 43.8 Å². The number of pyridine rings is 1. The summed E-state index contributed by atoms with van der Waals surface area (Å²) >= 11 is 0. The van der Waals surface area contributed by atoms with Crippen LogP contribution in [0.2, 0.25) is 0 Å². The first kappa shape index (κ1) is 27.9. The number of hydrogen-bond donors (Lipinski definition) is 1. The molecule has 2 N–H and O–H groups in total. The highest BCUT2D eigenvalue weighted by Crippen LogP contribution is 2.40. The molecule has 206 valence electrons. The number of aromatic nitrogens is 3. The summed E-state index contributed by atoms with van der Waals surface area (Å²) in [6.07, 6.45) is 2.49. The molecule has 4 rings (SSSR count). The summed E-state index contributed by atoms with van der Waals surface area (Å²) in [7, 11) is -0.950. The zero-order valence-electron chi connectivity index (χ0n) is 22.4. The predicted molar refractivity (Wildman–Crippen MR) is 144 cm³/mol. The summed E-state index contributed by atoms with van der Waals surface area (Å²) in [5, 5.41) is 8.21. The van der Waals surface area contributed by atoms with Crippen LogP contribution in [0.5, 0.6) is 0 Å². The average molecular weight is 547 g/mol. The average Bonchev–Trinajstić information content (AvgIpc) is 3.33. The molecule has 0 radical (unpaired) electrons. The molecule has 1 aromatic carbocycles. The van der Waals surface area contributed by atoms with E-state index in [4.69, 9.17) is 14.9 Å². The van der Waals surface area contributed by atoms with Gasteiger partial charge < -0.3 is 19.8 Å². The van der Waals surface area contributed by atoms with Crippen LogP contribution in [0.3, 0.4) is 0 Å². The van der Waals surface area contributed by atoms with Crippen molar-refractivity contribution in [2.75, 3.05) is 49.3 Å². The van der Waals surface area contributed by atoms with Crippen molar-refractivity contribution in [1.29, 1.82) is 0 Å². The zero-order chi connectivity index (χ0) is 27.7. The van der Waals surface area contributed by atoms with Gasteiger partial charge in [0.25, 0.3) is 5.89 Å². The van der Waals surface area contributed by atoms with Crippen molar-refractivity contribution >= 4 is 21.7 Å². The van der Waals surface area contributed by atoms with E-state index in [-0.39, 0.29) is 23.2 Å². The smallest absolute Gasteiger partial charge is 0.251 e. The molecule has 2 heterocycles. The van der Waals surface area contributed by atoms with Crippen LogP contribution in [0, 0.1) is 17.7 Å². The predicted octanol–water partition coefficient (Wildman–Crippen LogP) is 3.19. The van der Waals surface area contributed by atoms with Crippen LogP contribution < -0.4 is 14.9 Å². The maximum atomic E-state index is 15.9. The number of nitrogens with zero attached hydrogens (tertiary/aromatic N) is 5. The van der Waals surface area contributed by atoms with Crippen LogP contribution in [-0.4, -0.2) is 63.7 Å². The van der Waals surface area contributed by atoms with Gasteiger partial charge >= 0.3 is 0 Å². The Morgan fingerprint density at radius 1 is 1.26 bits per heavy atom. The van der Waals surface area contributed by atoms with E-state index < -0.39 is 21.4 Å². The van der Waals surface area contributed by atoms with Gasteiger partial charge in [-0.05, 0) is 43.2 Å². The van der Waals surface area contributed by atoms with Crippen molar-refractivity contribution in [2.24, 2.45) is 17.6 Å². The van der Waals surface area contributed by atoms with Gasteiger partial charge in [-0.2, -0.15) is 0 Å². The molecule has 0 bridgehead atoms. The van der Waals surface area contributed by atoms with Gasteiger partial charge in [0, 0.05) is 27.2 Å². The van der Waals surface area contributed by atoms with Crippen molar-refractivity contribution in [3.8, 4) is 11.5 Å². The maximum Gasteiger partial charge on any atom is 0.251 e. The Morgan fingerprint density at radius 2 is 1.95 bits per heavy atom. The van der Waals surface area contributed by atoms with Gasteiger partial charge in [0.2, 0.25) is 15.9 Å². The number of hydrogen-bond acceptors (Lipinski definition) is 9. The third-order valence-corrected chi connectivity index (χ3v) is 8.07.